The van der Waals surface area contributed by atoms with E-state index in [1.165, 1.54) is 12.8 Å². The Bertz CT molecular complexity index is 983. The number of carbonyl (C=O) groups excluding carboxylic acids is 2. The molecule has 1 atom stereocenters. The lowest BCUT2D eigenvalue weighted by atomic mass is 9.93. The fourth-order valence-electron chi connectivity index (χ4n) is 4.06. The van der Waals surface area contributed by atoms with Crippen LogP contribution in [0.2, 0.25) is 0 Å². The Hall–Kier alpha value is -3.11. The Balaban J connectivity index is 1.84. The first-order valence-electron chi connectivity index (χ1n) is 11.6. The zero-order chi connectivity index (χ0) is 23.8. The number of hydrogen-bond donors (Lipinski definition) is 0. The van der Waals surface area contributed by atoms with E-state index in [1.54, 1.807) is 26.2 Å². The monoisotopic (exact) mass is 452 g/mol. The molecule has 0 bridgehead atoms. The number of benzene rings is 1. The molecule has 2 aliphatic rings. The van der Waals surface area contributed by atoms with Crippen LogP contribution < -0.4 is 9.47 Å². The number of unbranched alkanes of at least 4 members (excludes halogenated alkanes) is 3. The number of amides is 2. The van der Waals surface area contributed by atoms with Gasteiger partial charge in [0.25, 0.3) is 11.8 Å². The molecule has 0 spiro atoms. The Morgan fingerprint density at radius 2 is 2.03 bits per heavy atom. The minimum absolute atomic E-state index is 0.0159. The lowest BCUT2D eigenvalue weighted by molar-refractivity contribution is -0.142. The van der Waals surface area contributed by atoms with E-state index in [4.69, 9.17) is 14.2 Å². The van der Waals surface area contributed by atoms with Crippen LogP contribution in [0.3, 0.4) is 0 Å². The van der Waals surface area contributed by atoms with Gasteiger partial charge in [0.2, 0.25) is 0 Å². The molecule has 1 aromatic rings. The van der Waals surface area contributed by atoms with Crippen molar-refractivity contribution in [2.45, 2.75) is 58.5 Å². The fraction of sp³-hybridized carbons (Fsp3) is 0.500. The Kier molecular flexibility index (Phi) is 8.67. The van der Waals surface area contributed by atoms with E-state index in [-0.39, 0.29) is 18.2 Å². The van der Waals surface area contributed by atoms with Crippen molar-refractivity contribution in [3.63, 3.8) is 0 Å². The highest BCUT2D eigenvalue weighted by Gasteiger charge is 2.37. The van der Waals surface area contributed by atoms with Gasteiger partial charge in [0.05, 0.1) is 26.4 Å². The lowest BCUT2D eigenvalue weighted by Gasteiger charge is -2.29. The summed E-state index contributed by atoms with van der Waals surface area (Å²) in [5.41, 5.74) is 1.40. The topological polar surface area (TPSA) is 88.9 Å². The molecule has 1 saturated heterocycles. The maximum atomic E-state index is 13.2. The predicted octanol–water partition coefficient (Wildman–Crippen LogP) is 4.43. The summed E-state index contributed by atoms with van der Waals surface area (Å²) in [5.74, 6) is 0.239. The molecule has 1 unspecified atom stereocenters. The average molecular weight is 453 g/mol. The third kappa shape index (κ3) is 5.82. The van der Waals surface area contributed by atoms with Crippen LogP contribution >= 0.6 is 0 Å². The van der Waals surface area contributed by atoms with Crippen LogP contribution in [-0.4, -0.2) is 49.7 Å². The number of ether oxygens (including phenoxy) is 3. The van der Waals surface area contributed by atoms with E-state index >= 15 is 0 Å². The van der Waals surface area contributed by atoms with Gasteiger partial charge in [0.15, 0.2) is 11.5 Å². The van der Waals surface area contributed by atoms with E-state index in [0.717, 1.165) is 36.1 Å². The van der Waals surface area contributed by atoms with E-state index in [9.17, 15) is 14.9 Å². The largest absolute Gasteiger partial charge is 0.493 e. The summed E-state index contributed by atoms with van der Waals surface area (Å²) >= 11 is 0. The average Bonchev–Trinajstić information content (AvgIpc) is 3.33. The molecule has 0 radical (unpaired) electrons. The minimum Gasteiger partial charge on any atom is -0.493 e. The van der Waals surface area contributed by atoms with E-state index in [1.807, 2.05) is 18.2 Å². The molecule has 0 aromatic heterocycles. The van der Waals surface area contributed by atoms with Crippen molar-refractivity contribution in [1.82, 2.24) is 4.90 Å². The minimum atomic E-state index is -0.558. The van der Waals surface area contributed by atoms with Gasteiger partial charge in [-0.2, -0.15) is 5.26 Å². The van der Waals surface area contributed by atoms with Crippen LogP contribution in [0, 0.1) is 11.3 Å². The van der Waals surface area contributed by atoms with E-state index in [0.29, 0.717) is 35.9 Å². The molecule has 2 amide bonds. The molecule has 7 heteroatoms. The maximum absolute atomic E-state index is 13.2. The summed E-state index contributed by atoms with van der Waals surface area (Å²) in [7, 11) is 1.57. The van der Waals surface area contributed by atoms with Gasteiger partial charge in [-0.25, -0.2) is 0 Å². The molecular formula is C26H32N2O5. The first kappa shape index (κ1) is 24.5. The summed E-state index contributed by atoms with van der Waals surface area (Å²) in [6.07, 6.45) is 7.65. The Labute approximate surface area is 195 Å². The van der Waals surface area contributed by atoms with Crippen molar-refractivity contribution >= 4 is 17.9 Å². The first-order chi connectivity index (χ1) is 16.0. The van der Waals surface area contributed by atoms with Crippen LogP contribution in [0.15, 0.2) is 34.9 Å². The van der Waals surface area contributed by atoms with E-state index < -0.39 is 11.8 Å². The van der Waals surface area contributed by atoms with Gasteiger partial charge in [-0.1, -0.05) is 32.3 Å². The second-order valence-corrected chi connectivity index (χ2v) is 8.35. The third-order valence-electron chi connectivity index (χ3n) is 5.99. The molecule has 0 N–H and O–H groups in total. The van der Waals surface area contributed by atoms with Gasteiger partial charge in [0.1, 0.15) is 11.6 Å². The van der Waals surface area contributed by atoms with Gasteiger partial charge in [-0.05, 0) is 55.5 Å². The second kappa shape index (κ2) is 11.7. The van der Waals surface area contributed by atoms with Gasteiger partial charge in [0, 0.05) is 12.2 Å². The van der Waals surface area contributed by atoms with Crippen molar-refractivity contribution in [3.05, 3.63) is 40.5 Å². The highest BCUT2D eigenvalue weighted by molar-refractivity contribution is 6.19. The summed E-state index contributed by atoms with van der Waals surface area (Å²) in [5, 5.41) is 9.57. The van der Waals surface area contributed by atoms with E-state index in [2.05, 4.69) is 6.92 Å². The molecule has 1 aromatic carbocycles. The molecule has 2 aliphatic heterocycles. The Morgan fingerprint density at radius 3 is 2.70 bits per heavy atom. The summed E-state index contributed by atoms with van der Waals surface area (Å²) in [4.78, 5) is 27.1. The predicted molar refractivity (Wildman–Crippen MR) is 125 cm³/mol. The molecule has 0 aliphatic carbocycles. The van der Waals surface area contributed by atoms with Crippen molar-refractivity contribution in [2.24, 2.45) is 0 Å². The molecular weight excluding hydrogens is 420 g/mol. The van der Waals surface area contributed by atoms with Crippen LogP contribution in [0.5, 0.6) is 11.5 Å². The Morgan fingerprint density at radius 1 is 1.21 bits per heavy atom. The number of methoxy groups -OCH3 is 1. The number of carbonyl (C=O) groups is 2. The van der Waals surface area contributed by atoms with Crippen LogP contribution in [0.25, 0.3) is 6.08 Å². The fourth-order valence-corrected chi connectivity index (χ4v) is 4.06. The van der Waals surface area contributed by atoms with Gasteiger partial charge in [-0.3, -0.25) is 14.5 Å². The normalized spacial score (nSPS) is 19.9. The van der Waals surface area contributed by atoms with Crippen molar-refractivity contribution in [3.8, 4) is 17.6 Å². The molecule has 7 nitrogen and oxygen atoms in total. The van der Waals surface area contributed by atoms with Gasteiger partial charge >= 0.3 is 0 Å². The summed E-state index contributed by atoms with van der Waals surface area (Å²) in [6, 6.07) is 7.42. The zero-order valence-electron chi connectivity index (χ0n) is 19.7. The SMILES string of the molecule is CCCCCCOc1ccc(/C=C2/C(=O)N(CC3CCCO3)C(=O)C(C#N)=C2C)cc1OC. The van der Waals surface area contributed by atoms with Crippen LogP contribution in [0.4, 0.5) is 0 Å². The highest BCUT2D eigenvalue weighted by atomic mass is 16.5. The summed E-state index contributed by atoms with van der Waals surface area (Å²) in [6.45, 7) is 5.19. The second-order valence-electron chi connectivity index (χ2n) is 8.35. The van der Waals surface area contributed by atoms with Crippen molar-refractivity contribution in [1.29, 1.82) is 5.26 Å². The van der Waals surface area contributed by atoms with Gasteiger partial charge < -0.3 is 14.2 Å². The first-order valence-corrected chi connectivity index (χ1v) is 11.6. The smallest absolute Gasteiger partial charge is 0.271 e. The molecule has 3 rings (SSSR count). The lowest BCUT2D eigenvalue weighted by Crippen LogP contribution is -2.46. The number of hydrogen-bond acceptors (Lipinski definition) is 6. The molecule has 176 valence electrons. The zero-order valence-corrected chi connectivity index (χ0v) is 19.7. The number of rotatable bonds is 10. The van der Waals surface area contributed by atoms with Crippen molar-refractivity contribution < 1.29 is 23.8 Å². The van der Waals surface area contributed by atoms with Crippen LogP contribution in [-0.2, 0) is 14.3 Å². The third-order valence-corrected chi connectivity index (χ3v) is 5.99. The molecule has 1 fully saturated rings. The maximum Gasteiger partial charge on any atom is 0.271 e. The number of nitriles is 1. The highest BCUT2D eigenvalue weighted by Crippen LogP contribution is 2.32. The number of nitrogens with zero attached hydrogens (tertiary/aromatic N) is 2. The molecule has 0 saturated carbocycles. The number of imide groups is 1. The molecule has 33 heavy (non-hydrogen) atoms. The molecule has 2 heterocycles. The quantitative estimate of drug-likeness (QED) is 0.296. The summed E-state index contributed by atoms with van der Waals surface area (Å²) < 4.78 is 17.0. The standard InChI is InChI=1S/C26H32N2O5/c1-4-5-6-7-12-33-23-11-10-19(15-24(23)31-3)14-21-18(2)22(16-27)26(30)28(25(21)29)17-20-9-8-13-32-20/h10-11,14-15,20H,4-9,12-13,17H2,1-3H3/b21-14+. The van der Waals surface area contributed by atoms with Gasteiger partial charge in [-0.15, -0.1) is 0 Å². The van der Waals surface area contributed by atoms with Crippen LogP contribution in [0.1, 0.15) is 57.9 Å². The van der Waals surface area contributed by atoms with Crippen molar-refractivity contribution in [2.75, 3.05) is 26.9 Å².